The molecule has 1 aromatic rings. The molecular weight excluding hydrogens is 378 g/mol. The van der Waals surface area contributed by atoms with E-state index in [1.807, 2.05) is 12.3 Å². The number of nitrogens with zero attached hydrogens (tertiary/aromatic N) is 2. The maximum Gasteiger partial charge on any atom is 0.274 e. The van der Waals surface area contributed by atoms with Gasteiger partial charge in [0, 0.05) is 36.5 Å². The first kappa shape index (κ1) is 20.2. The van der Waals surface area contributed by atoms with Gasteiger partial charge in [-0.2, -0.15) is 11.8 Å². The Balaban J connectivity index is 0.00000400. The lowest BCUT2D eigenvalue weighted by atomic mass is 10.6. The minimum Gasteiger partial charge on any atom is -0.367 e. The molecule has 1 heterocycles. The van der Waals surface area contributed by atoms with E-state index in [1.165, 1.54) is 0 Å². The van der Waals surface area contributed by atoms with Crippen molar-refractivity contribution in [2.24, 2.45) is 5.73 Å². The van der Waals surface area contributed by atoms with E-state index in [-0.39, 0.29) is 17.0 Å². The molecule has 0 atom stereocenters. The molecule has 21 heavy (non-hydrogen) atoms. The summed E-state index contributed by atoms with van der Waals surface area (Å²) >= 11 is 3.30. The normalized spacial score (nSPS) is 10.9. The van der Waals surface area contributed by atoms with Gasteiger partial charge in [-0.25, -0.2) is 4.98 Å². The summed E-state index contributed by atoms with van der Waals surface area (Å²) < 4.78 is 0. The summed E-state index contributed by atoms with van der Waals surface area (Å²) in [6.07, 6.45) is 0.947. The lowest BCUT2D eigenvalue weighted by Crippen LogP contribution is -2.28. The number of thiazole rings is 1. The zero-order chi connectivity index (χ0) is 14.8. The average molecular weight is 398 g/mol. The number of thioether (sulfide) groups is 1. The van der Waals surface area contributed by atoms with Gasteiger partial charge in [-0.15, -0.1) is 28.3 Å². The molecule has 0 radical (unpaired) electrons. The van der Waals surface area contributed by atoms with Gasteiger partial charge in [0.05, 0.1) is 10.6 Å². The average Bonchev–Trinajstić information content (AvgIpc) is 2.86. The summed E-state index contributed by atoms with van der Waals surface area (Å²) in [5.41, 5.74) is 6.54. The number of nitro groups is 1. The number of hydrogen-bond donors (Lipinski definition) is 3. The van der Waals surface area contributed by atoms with E-state index in [1.54, 1.807) is 23.1 Å². The summed E-state index contributed by atoms with van der Waals surface area (Å²) in [6.45, 7) is 3.67. The monoisotopic (exact) mass is 397 g/mol. The van der Waals surface area contributed by atoms with Crippen molar-refractivity contribution in [3.8, 4) is 0 Å². The summed E-state index contributed by atoms with van der Waals surface area (Å²) in [4.78, 5) is 14.3. The molecule has 0 bridgehead atoms. The highest BCUT2D eigenvalue weighted by atomic mass is 79.9. The lowest BCUT2D eigenvalue weighted by Gasteiger charge is -2.09. The Morgan fingerprint density at radius 1 is 1.62 bits per heavy atom. The Morgan fingerprint density at radius 3 is 2.95 bits per heavy atom. The van der Waals surface area contributed by atoms with Crippen LogP contribution in [0.4, 0.5) is 0 Å². The maximum atomic E-state index is 10.4. The van der Waals surface area contributed by atoms with E-state index in [2.05, 4.69) is 15.6 Å². The van der Waals surface area contributed by atoms with Crippen molar-refractivity contribution in [2.75, 3.05) is 18.8 Å². The highest BCUT2D eigenvalue weighted by Gasteiger charge is 2.02. The number of nitrogens with one attached hydrogen (secondary N) is 2. The van der Waals surface area contributed by atoms with Crippen molar-refractivity contribution in [3.63, 3.8) is 0 Å². The number of aromatic nitrogens is 1. The first-order chi connectivity index (χ1) is 9.65. The predicted molar refractivity (Wildman–Crippen MR) is 93.2 cm³/mol. The number of halogens is 1. The van der Waals surface area contributed by atoms with Gasteiger partial charge in [0.25, 0.3) is 6.20 Å². The molecule has 1 rings (SSSR count). The van der Waals surface area contributed by atoms with E-state index in [4.69, 9.17) is 5.73 Å². The van der Waals surface area contributed by atoms with Gasteiger partial charge < -0.3 is 16.4 Å². The second-order valence-corrected chi connectivity index (χ2v) is 5.82. The van der Waals surface area contributed by atoms with Crippen LogP contribution >= 0.6 is 40.1 Å². The van der Waals surface area contributed by atoms with E-state index in [9.17, 15) is 10.1 Å². The standard InChI is InChI=1S/C11H19N5O2S2.BrH/c1-2-13-10(6-16(17)18)14-3-4-19-7-9-8-20-11(5-12)15-9;/h6,8,13-14H,2-5,7,12H2,1H3;1H. The molecule has 0 amide bonds. The fraction of sp³-hybridized carbons (Fsp3) is 0.545. The fourth-order valence-corrected chi connectivity index (χ4v) is 2.92. The summed E-state index contributed by atoms with van der Waals surface area (Å²) in [7, 11) is 0. The van der Waals surface area contributed by atoms with Crippen LogP contribution in [0.2, 0.25) is 0 Å². The first-order valence-electron chi connectivity index (χ1n) is 6.19. The van der Waals surface area contributed by atoms with Crippen LogP contribution in [0.25, 0.3) is 0 Å². The molecule has 1 aromatic heterocycles. The second-order valence-electron chi connectivity index (χ2n) is 3.77. The van der Waals surface area contributed by atoms with Crippen molar-refractivity contribution in [3.05, 3.63) is 38.2 Å². The SMILES string of the molecule is Br.CCNC(=C[N+](=O)[O-])NCCSCc1csc(CN)n1. The summed E-state index contributed by atoms with van der Waals surface area (Å²) in [5.74, 6) is 2.11. The molecule has 0 saturated carbocycles. The highest BCUT2D eigenvalue weighted by Crippen LogP contribution is 2.15. The summed E-state index contributed by atoms with van der Waals surface area (Å²) in [6, 6.07) is 0. The van der Waals surface area contributed by atoms with E-state index in [0.29, 0.717) is 25.5 Å². The van der Waals surface area contributed by atoms with E-state index >= 15 is 0 Å². The van der Waals surface area contributed by atoms with Crippen molar-refractivity contribution in [1.82, 2.24) is 15.6 Å². The molecule has 0 aromatic carbocycles. The van der Waals surface area contributed by atoms with Crippen LogP contribution < -0.4 is 16.4 Å². The van der Waals surface area contributed by atoms with Crippen molar-refractivity contribution in [1.29, 1.82) is 0 Å². The highest BCUT2D eigenvalue weighted by molar-refractivity contribution is 8.93. The summed E-state index contributed by atoms with van der Waals surface area (Å²) in [5, 5.41) is 19.3. The third-order valence-corrected chi connectivity index (χ3v) is 4.10. The van der Waals surface area contributed by atoms with E-state index in [0.717, 1.165) is 28.4 Å². The lowest BCUT2D eigenvalue weighted by molar-refractivity contribution is -0.404. The molecule has 120 valence electrons. The molecule has 0 unspecified atom stereocenters. The van der Waals surface area contributed by atoms with Crippen molar-refractivity contribution in [2.45, 2.75) is 19.2 Å². The Morgan fingerprint density at radius 2 is 2.38 bits per heavy atom. The fourth-order valence-electron chi connectivity index (χ4n) is 1.39. The van der Waals surface area contributed by atoms with Crippen LogP contribution in [0.15, 0.2) is 17.4 Å². The van der Waals surface area contributed by atoms with Crippen molar-refractivity contribution < 1.29 is 4.92 Å². The second kappa shape index (κ2) is 11.8. The van der Waals surface area contributed by atoms with Gasteiger partial charge in [-0.3, -0.25) is 10.1 Å². The van der Waals surface area contributed by atoms with Crippen LogP contribution in [0, 0.1) is 10.1 Å². The Kier molecular flexibility index (Phi) is 11.3. The third kappa shape index (κ3) is 8.91. The molecule has 0 saturated heterocycles. The smallest absolute Gasteiger partial charge is 0.274 e. The zero-order valence-corrected chi connectivity index (χ0v) is 15.0. The van der Waals surface area contributed by atoms with Gasteiger partial charge in [-0.1, -0.05) is 0 Å². The molecule has 0 spiro atoms. The Labute approximate surface area is 142 Å². The molecule has 0 aliphatic heterocycles. The first-order valence-corrected chi connectivity index (χ1v) is 8.23. The van der Waals surface area contributed by atoms with Crippen LogP contribution in [-0.4, -0.2) is 28.7 Å². The molecule has 10 heteroatoms. The largest absolute Gasteiger partial charge is 0.367 e. The van der Waals surface area contributed by atoms with Gasteiger partial charge in [0.2, 0.25) is 0 Å². The van der Waals surface area contributed by atoms with Gasteiger partial charge in [0.1, 0.15) is 5.01 Å². The number of nitrogens with two attached hydrogens (primary N) is 1. The van der Waals surface area contributed by atoms with Crippen molar-refractivity contribution >= 4 is 40.1 Å². The molecule has 7 nitrogen and oxygen atoms in total. The van der Waals surface area contributed by atoms with Gasteiger partial charge in [-0.05, 0) is 6.92 Å². The van der Waals surface area contributed by atoms with Crippen LogP contribution in [0.1, 0.15) is 17.6 Å². The van der Waals surface area contributed by atoms with Crippen LogP contribution in [0.3, 0.4) is 0 Å². The maximum absolute atomic E-state index is 10.4. The molecular formula is C11H20BrN5O2S2. The number of hydrogen-bond acceptors (Lipinski definition) is 8. The quantitative estimate of drug-likeness (QED) is 0.313. The van der Waals surface area contributed by atoms with Gasteiger partial charge >= 0.3 is 0 Å². The van der Waals surface area contributed by atoms with Crippen LogP contribution in [0.5, 0.6) is 0 Å². The molecule has 0 aliphatic rings. The molecule has 0 aliphatic carbocycles. The number of rotatable bonds is 10. The van der Waals surface area contributed by atoms with Gasteiger partial charge in [0.15, 0.2) is 5.82 Å². The molecule has 0 fully saturated rings. The van der Waals surface area contributed by atoms with E-state index < -0.39 is 4.92 Å². The minimum absolute atomic E-state index is 0. The predicted octanol–water partition coefficient (Wildman–Crippen LogP) is 1.69. The topological polar surface area (TPSA) is 106 Å². The zero-order valence-electron chi connectivity index (χ0n) is 11.7. The molecule has 4 N–H and O–H groups in total. The third-order valence-electron chi connectivity index (χ3n) is 2.19. The Hall–Kier alpha value is -0.840. The minimum atomic E-state index is -0.470. The Bertz CT molecular complexity index is 456. The van der Waals surface area contributed by atoms with Crippen LogP contribution in [-0.2, 0) is 12.3 Å².